The Morgan fingerprint density at radius 2 is 1.91 bits per heavy atom. The number of rotatable bonds is 2. The van der Waals surface area contributed by atoms with Gasteiger partial charge in [0.1, 0.15) is 11.8 Å². The van der Waals surface area contributed by atoms with Crippen molar-refractivity contribution in [1.82, 2.24) is 9.97 Å². The zero-order chi connectivity index (χ0) is 15.9. The fourth-order valence-corrected chi connectivity index (χ4v) is 4.34. The van der Waals surface area contributed by atoms with E-state index in [9.17, 15) is 5.26 Å². The van der Waals surface area contributed by atoms with Gasteiger partial charge < -0.3 is 4.90 Å². The molecule has 1 spiro atoms. The average molecular weight is 304 g/mol. The average Bonchev–Trinajstić information content (AvgIpc) is 3.04. The van der Waals surface area contributed by atoms with Crippen LogP contribution < -0.4 is 4.90 Å². The van der Waals surface area contributed by atoms with Crippen LogP contribution in [0.3, 0.4) is 0 Å². The maximum absolute atomic E-state index is 9.19. The van der Waals surface area contributed by atoms with Gasteiger partial charge in [0.25, 0.3) is 0 Å². The van der Waals surface area contributed by atoms with E-state index in [1.54, 1.807) is 6.07 Å². The number of aromatic nitrogens is 2. The van der Waals surface area contributed by atoms with E-state index < -0.39 is 0 Å². The van der Waals surface area contributed by atoms with E-state index in [0.29, 0.717) is 23.1 Å². The van der Waals surface area contributed by atoms with Gasteiger partial charge in [-0.3, -0.25) is 0 Å². The SMILES string of the molecule is Cc1cc(C#N)nc(N2CC3(CCCC3)C2c2ccccc2)n1. The van der Waals surface area contributed by atoms with Crippen molar-refractivity contribution in [3.63, 3.8) is 0 Å². The third-order valence-corrected chi connectivity index (χ3v) is 5.31. The first-order valence-corrected chi connectivity index (χ1v) is 8.29. The summed E-state index contributed by atoms with van der Waals surface area (Å²) in [6.07, 6.45) is 5.19. The number of hydrogen-bond donors (Lipinski definition) is 0. The minimum absolute atomic E-state index is 0.333. The number of hydrogen-bond acceptors (Lipinski definition) is 4. The Labute approximate surface area is 136 Å². The van der Waals surface area contributed by atoms with Crippen molar-refractivity contribution < 1.29 is 0 Å². The van der Waals surface area contributed by atoms with Gasteiger partial charge in [-0.15, -0.1) is 0 Å². The van der Waals surface area contributed by atoms with E-state index in [0.717, 1.165) is 12.2 Å². The number of benzene rings is 1. The van der Waals surface area contributed by atoms with Gasteiger partial charge in [-0.1, -0.05) is 43.2 Å². The van der Waals surface area contributed by atoms with Gasteiger partial charge in [-0.05, 0) is 31.4 Å². The van der Waals surface area contributed by atoms with E-state index in [1.165, 1.54) is 31.2 Å². The van der Waals surface area contributed by atoms with Crippen LogP contribution in [-0.4, -0.2) is 16.5 Å². The summed E-state index contributed by atoms with van der Waals surface area (Å²) in [6, 6.07) is 14.9. The van der Waals surface area contributed by atoms with E-state index in [1.807, 2.05) is 6.92 Å². The van der Waals surface area contributed by atoms with Crippen molar-refractivity contribution >= 4 is 5.95 Å². The van der Waals surface area contributed by atoms with E-state index in [2.05, 4.69) is 51.3 Å². The molecule has 2 fully saturated rings. The fourth-order valence-electron chi connectivity index (χ4n) is 4.34. The van der Waals surface area contributed by atoms with Crippen LogP contribution in [-0.2, 0) is 0 Å². The predicted octanol–water partition coefficient (Wildman–Crippen LogP) is 3.78. The zero-order valence-corrected chi connectivity index (χ0v) is 13.4. The topological polar surface area (TPSA) is 52.8 Å². The molecule has 1 saturated heterocycles. The van der Waals surface area contributed by atoms with Crippen molar-refractivity contribution in [2.45, 2.75) is 38.6 Å². The molecule has 0 bridgehead atoms. The molecule has 2 heterocycles. The second-order valence-electron chi connectivity index (χ2n) is 6.82. The van der Waals surface area contributed by atoms with E-state index in [4.69, 9.17) is 0 Å². The first-order valence-electron chi connectivity index (χ1n) is 8.29. The third kappa shape index (κ3) is 2.28. The molecule has 0 N–H and O–H groups in total. The molecule has 4 heteroatoms. The van der Waals surface area contributed by atoms with Crippen LogP contribution in [0.15, 0.2) is 36.4 Å². The molecule has 2 aromatic rings. The Hall–Kier alpha value is -2.41. The molecule has 4 rings (SSSR count). The van der Waals surface area contributed by atoms with Crippen LogP contribution in [0.25, 0.3) is 0 Å². The Kier molecular flexibility index (Phi) is 3.30. The monoisotopic (exact) mass is 304 g/mol. The Morgan fingerprint density at radius 1 is 1.17 bits per heavy atom. The number of nitrogens with zero attached hydrogens (tertiary/aromatic N) is 4. The van der Waals surface area contributed by atoms with Crippen LogP contribution in [0, 0.1) is 23.7 Å². The Bertz CT molecular complexity index is 757. The maximum Gasteiger partial charge on any atom is 0.227 e. The van der Waals surface area contributed by atoms with Gasteiger partial charge in [-0.2, -0.15) is 5.26 Å². The highest BCUT2D eigenvalue weighted by Gasteiger charge is 2.55. The third-order valence-electron chi connectivity index (χ3n) is 5.31. The van der Waals surface area contributed by atoms with E-state index >= 15 is 0 Å². The van der Waals surface area contributed by atoms with Crippen LogP contribution in [0.1, 0.15) is 48.7 Å². The molecule has 1 unspecified atom stereocenters. The predicted molar refractivity (Wildman–Crippen MR) is 88.9 cm³/mol. The molecular formula is C19H20N4. The van der Waals surface area contributed by atoms with Crippen molar-refractivity contribution in [3.8, 4) is 6.07 Å². The lowest BCUT2D eigenvalue weighted by Crippen LogP contribution is -2.58. The summed E-state index contributed by atoms with van der Waals surface area (Å²) in [5, 5.41) is 9.19. The summed E-state index contributed by atoms with van der Waals surface area (Å²) in [7, 11) is 0. The highest BCUT2D eigenvalue weighted by molar-refractivity contribution is 5.47. The molecule has 0 radical (unpaired) electrons. The van der Waals surface area contributed by atoms with Crippen LogP contribution in [0.2, 0.25) is 0 Å². The normalized spacial score (nSPS) is 21.9. The highest BCUT2D eigenvalue weighted by atomic mass is 15.3. The number of aryl methyl sites for hydroxylation is 1. The molecule has 1 aromatic heterocycles. The first kappa shape index (κ1) is 14.2. The number of nitriles is 1. The summed E-state index contributed by atoms with van der Waals surface area (Å²) in [6.45, 7) is 2.93. The highest BCUT2D eigenvalue weighted by Crippen LogP contribution is 2.58. The van der Waals surface area contributed by atoms with Gasteiger partial charge in [0.15, 0.2) is 0 Å². The summed E-state index contributed by atoms with van der Waals surface area (Å²) in [5.41, 5.74) is 3.00. The lowest BCUT2D eigenvalue weighted by Gasteiger charge is -2.56. The summed E-state index contributed by atoms with van der Waals surface area (Å²) < 4.78 is 0. The first-order chi connectivity index (χ1) is 11.2. The van der Waals surface area contributed by atoms with Gasteiger partial charge in [0, 0.05) is 17.7 Å². The molecule has 116 valence electrons. The standard InChI is InChI=1S/C19H20N4/c1-14-11-16(12-20)22-18(21-14)23-13-19(9-5-6-10-19)17(23)15-7-3-2-4-8-15/h2-4,7-8,11,17H,5-6,9-10,13H2,1H3. The zero-order valence-electron chi connectivity index (χ0n) is 13.4. The van der Waals surface area contributed by atoms with Gasteiger partial charge in [-0.25, -0.2) is 9.97 Å². The lowest BCUT2D eigenvalue weighted by atomic mass is 9.67. The molecule has 0 amide bonds. The van der Waals surface area contributed by atoms with Gasteiger partial charge in [0.2, 0.25) is 5.95 Å². The largest absolute Gasteiger partial charge is 0.332 e. The lowest BCUT2D eigenvalue weighted by molar-refractivity contribution is 0.133. The summed E-state index contributed by atoms with van der Waals surface area (Å²) in [5.74, 6) is 0.702. The quantitative estimate of drug-likeness (QED) is 0.847. The number of anilines is 1. The molecular weight excluding hydrogens is 284 g/mol. The van der Waals surface area contributed by atoms with Gasteiger partial charge in [0.05, 0.1) is 6.04 Å². The fraction of sp³-hybridized carbons (Fsp3) is 0.421. The maximum atomic E-state index is 9.19. The van der Waals surface area contributed by atoms with Crippen molar-refractivity contribution in [2.75, 3.05) is 11.4 Å². The second kappa shape index (κ2) is 5.34. The van der Waals surface area contributed by atoms with Crippen molar-refractivity contribution in [3.05, 3.63) is 53.3 Å². The Balaban J connectivity index is 1.74. The van der Waals surface area contributed by atoms with Crippen LogP contribution in [0.5, 0.6) is 0 Å². The molecule has 1 atom stereocenters. The van der Waals surface area contributed by atoms with Gasteiger partial charge >= 0.3 is 0 Å². The molecule has 1 aromatic carbocycles. The van der Waals surface area contributed by atoms with Crippen molar-refractivity contribution in [1.29, 1.82) is 5.26 Å². The van der Waals surface area contributed by atoms with Crippen LogP contribution in [0.4, 0.5) is 5.95 Å². The van der Waals surface area contributed by atoms with E-state index in [-0.39, 0.29) is 0 Å². The summed E-state index contributed by atoms with van der Waals surface area (Å²) >= 11 is 0. The van der Waals surface area contributed by atoms with Crippen LogP contribution >= 0.6 is 0 Å². The molecule has 4 nitrogen and oxygen atoms in total. The second-order valence-corrected chi connectivity index (χ2v) is 6.82. The molecule has 2 aliphatic rings. The smallest absolute Gasteiger partial charge is 0.227 e. The minimum atomic E-state index is 0.333. The Morgan fingerprint density at radius 3 is 2.61 bits per heavy atom. The summed E-state index contributed by atoms with van der Waals surface area (Å²) in [4.78, 5) is 11.3. The minimum Gasteiger partial charge on any atom is -0.332 e. The molecule has 1 aliphatic heterocycles. The van der Waals surface area contributed by atoms with Crippen molar-refractivity contribution in [2.24, 2.45) is 5.41 Å². The molecule has 23 heavy (non-hydrogen) atoms. The molecule has 1 saturated carbocycles. The molecule has 1 aliphatic carbocycles.